The highest BCUT2D eigenvalue weighted by atomic mass is 35.5. The van der Waals surface area contributed by atoms with Crippen LogP contribution < -0.4 is 14.4 Å². The molecular formula is C34H41Cl2N3O5S. The van der Waals surface area contributed by atoms with Crippen LogP contribution in [0.2, 0.25) is 10.0 Å². The van der Waals surface area contributed by atoms with Crippen LogP contribution in [-0.4, -0.2) is 56.6 Å². The number of halogens is 2. The van der Waals surface area contributed by atoms with E-state index in [1.54, 1.807) is 47.4 Å². The van der Waals surface area contributed by atoms with Gasteiger partial charge in [-0.1, -0.05) is 84.6 Å². The van der Waals surface area contributed by atoms with Crippen LogP contribution in [0.4, 0.5) is 5.69 Å². The Morgan fingerprint density at radius 3 is 2.31 bits per heavy atom. The van der Waals surface area contributed by atoms with Crippen LogP contribution in [0.15, 0.2) is 72.8 Å². The molecule has 0 unspecified atom stereocenters. The molecule has 0 radical (unpaired) electrons. The molecule has 242 valence electrons. The molecule has 2 amide bonds. The summed E-state index contributed by atoms with van der Waals surface area (Å²) in [6.45, 7) is 2.40. The first-order valence-electron chi connectivity index (χ1n) is 15.3. The number of hydrogen-bond donors (Lipinski definition) is 1. The van der Waals surface area contributed by atoms with Gasteiger partial charge >= 0.3 is 0 Å². The summed E-state index contributed by atoms with van der Waals surface area (Å²) in [6.07, 6.45) is 5.65. The predicted molar refractivity (Wildman–Crippen MR) is 180 cm³/mol. The molecule has 3 aromatic rings. The lowest BCUT2D eigenvalue weighted by molar-refractivity contribution is -0.141. The van der Waals surface area contributed by atoms with Crippen molar-refractivity contribution in [3.8, 4) is 5.75 Å². The number of nitrogens with zero attached hydrogens (tertiary/aromatic N) is 2. The first-order valence-corrected chi connectivity index (χ1v) is 17.9. The molecule has 1 fully saturated rings. The summed E-state index contributed by atoms with van der Waals surface area (Å²) in [7, 11) is -3.68. The Labute approximate surface area is 276 Å². The third-order valence-corrected chi connectivity index (χ3v) is 9.81. The first-order chi connectivity index (χ1) is 21.6. The maximum atomic E-state index is 14.1. The number of carbonyl (C=O) groups is 2. The van der Waals surface area contributed by atoms with E-state index >= 15 is 0 Å². The van der Waals surface area contributed by atoms with Crippen molar-refractivity contribution in [3.63, 3.8) is 0 Å². The van der Waals surface area contributed by atoms with Crippen molar-refractivity contribution >= 4 is 50.7 Å². The van der Waals surface area contributed by atoms with E-state index in [-0.39, 0.29) is 43.8 Å². The third kappa shape index (κ3) is 9.86. The van der Waals surface area contributed by atoms with E-state index in [1.807, 2.05) is 37.3 Å². The molecule has 45 heavy (non-hydrogen) atoms. The van der Waals surface area contributed by atoms with Gasteiger partial charge in [0, 0.05) is 32.0 Å². The van der Waals surface area contributed by atoms with Gasteiger partial charge in [-0.25, -0.2) is 8.42 Å². The molecule has 1 atom stereocenters. The summed E-state index contributed by atoms with van der Waals surface area (Å²) in [4.78, 5) is 29.6. The van der Waals surface area contributed by atoms with Gasteiger partial charge in [-0.3, -0.25) is 13.9 Å². The highest BCUT2D eigenvalue weighted by Gasteiger charge is 2.32. The Bertz CT molecular complexity index is 1550. The molecule has 11 heteroatoms. The lowest BCUT2D eigenvalue weighted by Gasteiger charge is -2.33. The topological polar surface area (TPSA) is 96.0 Å². The van der Waals surface area contributed by atoms with Crippen molar-refractivity contribution in [3.05, 3.63) is 94.0 Å². The first kappa shape index (κ1) is 34.6. The molecule has 0 saturated heterocycles. The maximum absolute atomic E-state index is 14.1. The summed E-state index contributed by atoms with van der Waals surface area (Å²) in [5.74, 6) is -0.0257. The van der Waals surface area contributed by atoms with Crippen LogP contribution in [0, 0.1) is 0 Å². The van der Waals surface area contributed by atoms with E-state index in [2.05, 4.69) is 5.32 Å². The molecule has 1 aliphatic rings. The zero-order valence-electron chi connectivity index (χ0n) is 25.8. The van der Waals surface area contributed by atoms with E-state index in [9.17, 15) is 18.0 Å². The van der Waals surface area contributed by atoms with Crippen LogP contribution in [0.3, 0.4) is 0 Å². The number of para-hydroxylation sites is 2. The summed E-state index contributed by atoms with van der Waals surface area (Å²) >= 11 is 12.5. The van der Waals surface area contributed by atoms with Crippen molar-refractivity contribution in [1.82, 2.24) is 10.2 Å². The van der Waals surface area contributed by atoms with Crippen molar-refractivity contribution in [2.24, 2.45) is 0 Å². The number of sulfonamides is 1. The number of hydrogen-bond acceptors (Lipinski definition) is 5. The van der Waals surface area contributed by atoms with E-state index in [4.69, 9.17) is 27.9 Å². The minimum Gasteiger partial charge on any atom is -0.492 e. The van der Waals surface area contributed by atoms with Crippen molar-refractivity contribution in [2.75, 3.05) is 23.7 Å². The summed E-state index contributed by atoms with van der Waals surface area (Å²) in [5.41, 5.74) is 2.07. The number of rotatable bonds is 15. The zero-order chi connectivity index (χ0) is 32.4. The molecule has 3 aromatic carbocycles. The molecule has 1 saturated carbocycles. The molecule has 0 aliphatic heterocycles. The van der Waals surface area contributed by atoms with Crippen LogP contribution in [0.1, 0.15) is 56.6 Å². The lowest BCUT2D eigenvalue weighted by Crippen LogP contribution is -2.52. The van der Waals surface area contributed by atoms with Gasteiger partial charge in [0.15, 0.2) is 0 Å². The summed E-state index contributed by atoms with van der Waals surface area (Å²) in [6, 6.07) is 21.0. The van der Waals surface area contributed by atoms with Gasteiger partial charge in [-0.05, 0) is 61.6 Å². The SMILES string of the molecule is CCOc1ccccc1N(CCCC(=O)N(Cc1ccc(Cl)c(Cl)c1)[C@H](Cc1ccccc1)C(=O)NC1CCCC1)S(C)(=O)=O. The highest BCUT2D eigenvalue weighted by molar-refractivity contribution is 7.92. The molecule has 0 bridgehead atoms. The molecule has 4 rings (SSSR count). The number of ether oxygens (including phenoxy) is 1. The predicted octanol–water partition coefficient (Wildman–Crippen LogP) is 6.64. The quantitative estimate of drug-likeness (QED) is 0.195. The normalized spacial score (nSPS) is 14.1. The largest absolute Gasteiger partial charge is 0.492 e. The molecular weight excluding hydrogens is 633 g/mol. The van der Waals surface area contributed by atoms with E-state index < -0.39 is 16.1 Å². The number of benzene rings is 3. The third-order valence-electron chi connectivity index (χ3n) is 7.90. The van der Waals surface area contributed by atoms with E-state index in [0.29, 0.717) is 34.5 Å². The maximum Gasteiger partial charge on any atom is 0.243 e. The number of carbonyl (C=O) groups excluding carboxylic acids is 2. The van der Waals surface area contributed by atoms with Gasteiger partial charge in [0.2, 0.25) is 21.8 Å². The Morgan fingerprint density at radius 1 is 0.956 bits per heavy atom. The van der Waals surface area contributed by atoms with Gasteiger partial charge in [0.1, 0.15) is 11.8 Å². The van der Waals surface area contributed by atoms with Gasteiger partial charge < -0.3 is 15.0 Å². The lowest BCUT2D eigenvalue weighted by atomic mass is 10.0. The van der Waals surface area contributed by atoms with Crippen LogP contribution in [-0.2, 0) is 32.6 Å². The smallest absolute Gasteiger partial charge is 0.243 e. The number of anilines is 1. The second-order valence-electron chi connectivity index (χ2n) is 11.3. The fourth-order valence-electron chi connectivity index (χ4n) is 5.68. The summed E-state index contributed by atoms with van der Waals surface area (Å²) < 4.78 is 32.7. The van der Waals surface area contributed by atoms with Crippen LogP contribution >= 0.6 is 23.2 Å². The van der Waals surface area contributed by atoms with Gasteiger partial charge in [-0.15, -0.1) is 0 Å². The molecule has 0 spiro atoms. The standard InChI is InChI=1S/C34H41Cl2N3O5S/c1-3-44-32-17-10-9-16-30(32)39(45(2,42)43)21-11-18-33(40)38(24-26-19-20-28(35)29(36)22-26)31(23-25-12-5-4-6-13-25)34(41)37-27-14-7-8-15-27/h4-6,9-10,12-13,16-17,19-20,22,27,31H,3,7-8,11,14-15,18,21,23-24H2,1-2H3,(H,37,41)/t31-/m1/s1. The average Bonchev–Trinajstić information content (AvgIpc) is 3.52. The molecule has 0 heterocycles. The average molecular weight is 675 g/mol. The minimum absolute atomic E-state index is 0.0200. The molecule has 1 aliphatic carbocycles. The highest BCUT2D eigenvalue weighted by Crippen LogP contribution is 2.31. The molecule has 1 N–H and O–H groups in total. The fraction of sp³-hybridized carbons (Fsp3) is 0.412. The minimum atomic E-state index is -3.68. The second kappa shape index (κ2) is 16.3. The van der Waals surface area contributed by atoms with E-state index in [0.717, 1.165) is 43.1 Å². The van der Waals surface area contributed by atoms with Crippen molar-refractivity contribution in [2.45, 2.75) is 70.5 Å². The Kier molecular flexibility index (Phi) is 12.6. The molecule has 8 nitrogen and oxygen atoms in total. The Balaban J connectivity index is 1.61. The van der Waals surface area contributed by atoms with Crippen molar-refractivity contribution in [1.29, 1.82) is 0 Å². The van der Waals surface area contributed by atoms with Gasteiger partial charge in [0.05, 0.1) is 28.6 Å². The fourth-order valence-corrected chi connectivity index (χ4v) is 6.97. The Hall–Kier alpha value is -3.27. The monoisotopic (exact) mass is 673 g/mol. The zero-order valence-corrected chi connectivity index (χ0v) is 28.1. The second-order valence-corrected chi connectivity index (χ2v) is 14.0. The molecule has 0 aromatic heterocycles. The van der Waals surface area contributed by atoms with Gasteiger partial charge in [0.25, 0.3) is 0 Å². The van der Waals surface area contributed by atoms with Crippen LogP contribution in [0.5, 0.6) is 5.75 Å². The number of nitrogens with one attached hydrogen (secondary N) is 1. The van der Waals surface area contributed by atoms with E-state index in [1.165, 1.54) is 4.31 Å². The van der Waals surface area contributed by atoms with Crippen molar-refractivity contribution < 1.29 is 22.7 Å². The van der Waals surface area contributed by atoms with Gasteiger partial charge in [-0.2, -0.15) is 0 Å². The number of amides is 2. The Morgan fingerprint density at radius 2 is 1.64 bits per heavy atom. The van der Waals surface area contributed by atoms with Crippen LogP contribution in [0.25, 0.3) is 0 Å². The summed E-state index contributed by atoms with van der Waals surface area (Å²) in [5, 5.41) is 3.94.